The number of thiophene rings is 1. The van der Waals surface area contributed by atoms with Crippen LogP contribution < -0.4 is 15.0 Å². The predicted molar refractivity (Wildman–Crippen MR) is 141 cm³/mol. The maximum Gasteiger partial charge on any atom is 0.309 e. The smallest absolute Gasteiger partial charge is 0.309 e. The number of piperidine rings is 1. The molecule has 1 aliphatic heterocycles. The van der Waals surface area contributed by atoms with Gasteiger partial charge in [-0.05, 0) is 68.7 Å². The Morgan fingerprint density at radius 3 is 2.77 bits per heavy atom. The van der Waals surface area contributed by atoms with E-state index in [2.05, 4.69) is 10.2 Å². The Labute approximate surface area is 214 Å². The van der Waals surface area contributed by atoms with Crippen molar-refractivity contribution in [2.24, 2.45) is 5.92 Å². The van der Waals surface area contributed by atoms with Crippen molar-refractivity contribution in [2.45, 2.75) is 52.0 Å². The number of anilines is 2. The number of hydrogen-bond donors (Lipinski definition) is 1. The van der Waals surface area contributed by atoms with E-state index in [9.17, 15) is 4.79 Å². The molecule has 186 valence electrons. The Morgan fingerprint density at radius 2 is 2.03 bits per heavy atom. The number of carbonyl (C=O) groups is 1. The standard InChI is InChI=1S/C26H31ClN4O3S/c1-3-34-25(32)17-10-12-31(13-11-17)26-29-23(28-15-16-8-9-20(33-2)19(27)14-16)22-18-6-4-5-7-21(18)35-24(22)30-26/h8-9,14,17H,3-7,10-13,15H2,1-2H3,(H,28,29,30). The van der Waals surface area contributed by atoms with Crippen LogP contribution in [0.5, 0.6) is 5.75 Å². The number of esters is 1. The molecule has 1 aromatic carbocycles. The normalized spacial score (nSPS) is 16.3. The van der Waals surface area contributed by atoms with E-state index in [0.29, 0.717) is 23.9 Å². The van der Waals surface area contributed by atoms with Gasteiger partial charge in [-0.3, -0.25) is 4.79 Å². The SMILES string of the molecule is CCOC(=O)C1CCN(c2nc(NCc3ccc(OC)c(Cl)c3)c3c4c(sc3n2)CCCC4)CC1. The number of carbonyl (C=O) groups excluding carboxylic acids is 1. The number of rotatable bonds is 7. The predicted octanol–water partition coefficient (Wildman–Crippen LogP) is 5.62. The Balaban J connectivity index is 1.42. The number of methoxy groups -OCH3 is 1. The average Bonchev–Trinajstić information content (AvgIpc) is 3.26. The number of hydrogen-bond acceptors (Lipinski definition) is 8. The molecule has 1 fully saturated rings. The van der Waals surface area contributed by atoms with Crippen LogP contribution in [0.3, 0.4) is 0 Å². The van der Waals surface area contributed by atoms with Gasteiger partial charge in [-0.15, -0.1) is 11.3 Å². The highest BCUT2D eigenvalue weighted by Crippen LogP contribution is 2.40. The van der Waals surface area contributed by atoms with Crippen LogP contribution in [0, 0.1) is 5.92 Å². The lowest BCUT2D eigenvalue weighted by Crippen LogP contribution is -2.38. The summed E-state index contributed by atoms with van der Waals surface area (Å²) >= 11 is 8.15. The average molecular weight is 515 g/mol. The second kappa shape index (κ2) is 10.6. The van der Waals surface area contributed by atoms with E-state index < -0.39 is 0 Å². The zero-order valence-electron chi connectivity index (χ0n) is 20.2. The van der Waals surface area contributed by atoms with Gasteiger partial charge in [0.1, 0.15) is 16.4 Å². The van der Waals surface area contributed by atoms with Crippen molar-refractivity contribution in [3.8, 4) is 5.75 Å². The number of nitrogens with zero attached hydrogens (tertiary/aromatic N) is 3. The molecule has 0 spiro atoms. The minimum Gasteiger partial charge on any atom is -0.495 e. The molecular weight excluding hydrogens is 484 g/mol. The second-order valence-electron chi connectivity index (χ2n) is 9.10. The zero-order valence-corrected chi connectivity index (χ0v) is 21.8. The van der Waals surface area contributed by atoms with Gasteiger partial charge in [0, 0.05) is 24.5 Å². The van der Waals surface area contributed by atoms with Crippen molar-refractivity contribution < 1.29 is 14.3 Å². The van der Waals surface area contributed by atoms with Gasteiger partial charge in [0.15, 0.2) is 0 Å². The molecule has 2 aromatic heterocycles. The lowest BCUT2D eigenvalue weighted by molar-refractivity contribution is -0.148. The van der Waals surface area contributed by atoms with Gasteiger partial charge in [-0.25, -0.2) is 4.98 Å². The van der Waals surface area contributed by atoms with Gasteiger partial charge in [0.25, 0.3) is 0 Å². The molecule has 3 heterocycles. The summed E-state index contributed by atoms with van der Waals surface area (Å²) < 4.78 is 10.5. The van der Waals surface area contributed by atoms with Crippen LogP contribution >= 0.6 is 22.9 Å². The lowest BCUT2D eigenvalue weighted by Gasteiger charge is -2.31. The van der Waals surface area contributed by atoms with Crippen LogP contribution in [0.4, 0.5) is 11.8 Å². The molecule has 9 heteroatoms. The van der Waals surface area contributed by atoms with Crippen LogP contribution in [0.25, 0.3) is 10.2 Å². The molecule has 1 aliphatic carbocycles. The van der Waals surface area contributed by atoms with Crippen molar-refractivity contribution in [3.63, 3.8) is 0 Å². The largest absolute Gasteiger partial charge is 0.495 e. The number of halogens is 1. The molecule has 2 aliphatic rings. The first-order valence-corrected chi connectivity index (χ1v) is 13.6. The van der Waals surface area contributed by atoms with Gasteiger partial charge in [-0.2, -0.15) is 4.98 Å². The molecule has 0 radical (unpaired) electrons. The van der Waals surface area contributed by atoms with Crippen molar-refractivity contribution in [1.29, 1.82) is 0 Å². The molecule has 1 saturated heterocycles. The Morgan fingerprint density at radius 1 is 1.23 bits per heavy atom. The second-order valence-corrected chi connectivity index (χ2v) is 10.6. The minimum absolute atomic E-state index is 0.0404. The van der Waals surface area contributed by atoms with E-state index >= 15 is 0 Å². The Hall–Kier alpha value is -2.58. The molecule has 5 rings (SSSR count). The van der Waals surface area contributed by atoms with E-state index in [1.54, 1.807) is 18.4 Å². The van der Waals surface area contributed by atoms with Gasteiger partial charge in [0.05, 0.1) is 30.0 Å². The summed E-state index contributed by atoms with van der Waals surface area (Å²) in [6.07, 6.45) is 6.14. The minimum atomic E-state index is -0.0880. The summed E-state index contributed by atoms with van der Waals surface area (Å²) in [5.41, 5.74) is 2.46. The lowest BCUT2D eigenvalue weighted by atomic mass is 9.96. The summed E-state index contributed by atoms with van der Waals surface area (Å²) in [6, 6.07) is 5.83. The number of nitrogens with one attached hydrogen (secondary N) is 1. The van der Waals surface area contributed by atoms with Crippen molar-refractivity contribution in [2.75, 3.05) is 37.0 Å². The number of aromatic nitrogens is 2. The zero-order chi connectivity index (χ0) is 24.4. The third kappa shape index (κ3) is 5.05. The van der Waals surface area contributed by atoms with E-state index in [-0.39, 0.29) is 11.9 Å². The van der Waals surface area contributed by atoms with E-state index in [1.165, 1.54) is 23.3 Å². The molecule has 35 heavy (non-hydrogen) atoms. The summed E-state index contributed by atoms with van der Waals surface area (Å²) in [6.45, 7) is 4.37. The quantitative estimate of drug-likeness (QED) is 0.410. The summed E-state index contributed by atoms with van der Waals surface area (Å²) in [5.74, 6) is 2.15. The molecule has 0 bridgehead atoms. The third-order valence-corrected chi connectivity index (χ3v) is 8.36. The molecule has 0 amide bonds. The maximum absolute atomic E-state index is 12.2. The van der Waals surface area contributed by atoms with Gasteiger partial charge in [-0.1, -0.05) is 17.7 Å². The number of ether oxygens (including phenoxy) is 2. The summed E-state index contributed by atoms with van der Waals surface area (Å²) in [7, 11) is 1.62. The van der Waals surface area contributed by atoms with Crippen LogP contribution in [0.15, 0.2) is 18.2 Å². The Bertz CT molecular complexity index is 1220. The molecule has 7 nitrogen and oxygen atoms in total. The summed E-state index contributed by atoms with van der Waals surface area (Å²) in [5, 5.41) is 5.34. The molecule has 1 N–H and O–H groups in total. The first-order chi connectivity index (χ1) is 17.1. The molecule has 3 aromatic rings. The van der Waals surface area contributed by atoms with E-state index in [0.717, 1.165) is 66.3 Å². The first kappa shape index (κ1) is 24.1. The maximum atomic E-state index is 12.2. The van der Waals surface area contributed by atoms with Crippen LogP contribution in [0.1, 0.15) is 48.6 Å². The molecule has 0 atom stereocenters. The number of aryl methyl sites for hydroxylation is 2. The molecule has 0 saturated carbocycles. The fourth-order valence-corrected chi connectivity index (χ4v) is 6.53. The highest BCUT2D eigenvalue weighted by molar-refractivity contribution is 7.19. The third-order valence-electron chi connectivity index (χ3n) is 6.88. The van der Waals surface area contributed by atoms with E-state index in [4.69, 9.17) is 31.0 Å². The molecular formula is C26H31ClN4O3S. The monoisotopic (exact) mass is 514 g/mol. The fraction of sp³-hybridized carbons (Fsp3) is 0.500. The van der Waals surface area contributed by atoms with Crippen LogP contribution in [0.2, 0.25) is 5.02 Å². The van der Waals surface area contributed by atoms with Crippen molar-refractivity contribution in [1.82, 2.24) is 9.97 Å². The number of benzene rings is 1. The van der Waals surface area contributed by atoms with Crippen LogP contribution in [-0.2, 0) is 28.9 Å². The number of fused-ring (bicyclic) bond motifs is 3. The topological polar surface area (TPSA) is 76.6 Å². The van der Waals surface area contributed by atoms with E-state index in [1.807, 2.05) is 25.1 Å². The van der Waals surface area contributed by atoms with Gasteiger partial charge >= 0.3 is 5.97 Å². The van der Waals surface area contributed by atoms with Crippen molar-refractivity contribution >= 4 is 50.9 Å². The summed E-state index contributed by atoms with van der Waals surface area (Å²) in [4.78, 5) is 26.9. The van der Waals surface area contributed by atoms with Gasteiger partial charge in [0.2, 0.25) is 5.95 Å². The van der Waals surface area contributed by atoms with Crippen molar-refractivity contribution in [3.05, 3.63) is 39.2 Å². The highest BCUT2D eigenvalue weighted by atomic mass is 35.5. The Kier molecular flexibility index (Phi) is 7.29. The first-order valence-electron chi connectivity index (χ1n) is 12.4. The fourth-order valence-electron chi connectivity index (χ4n) is 5.00. The molecule has 0 unspecified atom stereocenters. The van der Waals surface area contributed by atoms with Crippen LogP contribution in [-0.4, -0.2) is 42.7 Å². The highest BCUT2D eigenvalue weighted by Gasteiger charge is 2.28. The van der Waals surface area contributed by atoms with Gasteiger partial charge < -0.3 is 19.7 Å².